The van der Waals surface area contributed by atoms with E-state index in [1.54, 1.807) is 5.57 Å². The van der Waals surface area contributed by atoms with E-state index in [9.17, 15) is 0 Å². The van der Waals surface area contributed by atoms with Crippen molar-refractivity contribution in [1.82, 2.24) is 0 Å². The van der Waals surface area contributed by atoms with Gasteiger partial charge in [-0.1, -0.05) is 73.0 Å². The van der Waals surface area contributed by atoms with Gasteiger partial charge in [0.15, 0.2) is 0 Å². The molecule has 0 aliphatic heterocycles. The molecule has 2 aromatic rings. The van der Waals surface area contributed by atoms with Crippen molar-refractivity contribution in [3.8, 4) is 11.1 Å². The third kappa shape index (κ3) is 2.00. The Kier molecular flexibility index (Phi) is 2.95. The van der Waals surface area contributed by atoms with Gasteiger partial charge in [-0.2, -0.15) is 0 Å². The van der Waals surface area contributed by atoms with Crippen LogP contribution in [0.4, 0.5) is 0 Å². The van der Waals surface area contributed by atoms with Gasteiger partial charge in [0.25, 0.3) is 0 Å². The summed E-state index contributed by atoms with van der Waals surface area (Å²) in [7, 11) is 0. The molecule has 0 bridgehead atoms. The van der Waals surface area contributed by atoms with Crippen LogP contribution in [0, 0.1) is 12.3 Å². The number of hydrogen-bond acceptors (Lipinski definition) is 0. The summed E-state index contributed by atoms with van der Waals surface area (Å²) in [4.78, 5) is 0. The highest BCUT2D eigenvalue weighted by molar-refractivity contribution is 5.83. The van der Waals surface area contributed by atoms with Crippen LogP contribution in [0.5, 0.6) is 0 Å². The molecule has 2 aliphatic carbocycles. The highest BCUT2D eigenvalue weighted by atomic mass is 14.3. The third-order valence-corrected chi connectivity index (χ3v) is 4.68. The van der Waals surface area contributed by atoms with Gasteiger partial charge in [0.1, 0.15) is 0 Å². The molecule has 0 atom stereocenters. The van der Waals surface area contributed by atoms with Gasteiger partial charge in [0.2, 0.25) is 0 Å². The van der Waals surface area contributed by atoms with Crippen LogP contribution in [0.15, 0.2) is 54.1 Å². The second-order valence-corrected chi connectivity index (χ2v) is 5.94. The van der Waals surface area contributed by atoms with Gasteiger partial charge in [-0.15, -0.1) is 0 Å². The summed E-state index contributed by atoms with van der Waals surface area (Å²) < 4.78 is 0. The van der Waals surface area contributed by atoms with Gasteiger partial charge >= 0.3 is 0 Å². The molecule has 1 fully saturated rings. The van der Waals surface area contributed by atoms with Crippen LogP contribution in [0.1, 0.15) is 36.8 Å². The quantitative estimate of drug-likeness (QED) is 0.668. The normalized spacial score (nSPS) is 18.1. The maximum absolute atomic E-state index is 2.44. The van der Waals surface area contributed by atoms with Crippen molar-refractivity contribution in [2.75, 3.05) is 0 Å². The van der Waals surface area contributed by atoms with Crippen LogP contribution < -0.4 is 0 Å². The molecular weight excluding hydrogens is 240 g/mol. The SMILES string of the molecule is [CH]1C(C2CCCC2)=Cc2c1cccc2-c1ccccc1. The first-order valence-electron chi connectivity index (χ1n) is 7.66. The molecule has 2 aliphatic rings. The molecule has 0 spiro atoms. The predicted molar refractivity (Wildman–Crippen MR) is 85.2 cm³/mol. The lowest BCUT2D eigenvalue weighted by atomic mass is 9.96. The van der Waals surface area contributed by atoms with E-state index in [-0.39, 0.29) is 0 Å². The standard InChI is InChI=1S/C20H19/c1-2-9-16(10-3-1)19-12-6-11-17-13-18(14-20(17)19)15-7-4-5-8-15/h1-3,6,9-15H,4-5,7-8H2. The van der Waals surface area contributed by atoms with Crippen molar-refractivity contribution in [1.29, 1.82) is 0 Å². The zero-order chi connectivity index (χ0) is 13.4. The number of allylic oxidation sites excluding steroid dienone is 1. The molecule has 0 heterocycles. The smallest absolute Gasteiger partial charge is 0.0167 e. The lowest BCUT2D eigenvalue weighted by Gasteiger charge is -2.09. The summed E-state index contributed by atoms with van der Waals surface area (Å²) in [5, 5.41) is 0. The molecular formula is C20H19. The van der Waals surface area contributed by atoms with Crippen LogP contribution >= 0.6 is 0 Å². The minimum Gasteiger partial charge on any atom is -0.0622 e. The number of rotatable bonds is 2. The lowest BCUT2D eigenvalue weighted by molar-refractivity contribution is 0.656. The van der Waals surface area contributed by atoms with Gasteiger partial charge in [0.05, 0.1) is 0 Å². The van der Waals surface area contributed by atoms with E-state index in [1.165, 1.54) is 47.9 Å². The second-order valence-electron chi connectivity index (χ2n) is 5.94. The molecule has 0 unspecified atom stereocenters. The predicted octanol–water partition coefficient (Wildman–Crippen LogP) is 5.49. The first kappa shape index (κ1) is 12.0. The van der Waals surface area contributed by atoms with Gasteiger partial charge in [-0.25, -0.2) is 0 Å². The van der Waals surface area contributed by atoms with Crippen molar-refractivity contribution < 1.29 is 0 Å². The Morgan fingerprint density at radius 2 is 1.60 bits per heavy atom. The second kappa shape index (κ2) is 4.94. The zero-order valence-corrected chi connectivity index (χ0v) is 11.7. The summed E-state index contributed by atoms with van der Waals surface area (Å²) in [6.07, 6.45) is 10.4. The largest absolute Gasteiger partial charge is 0.0622 e. The van der Waals surface area contributed by atoms with Crippen LogP contribution in [0.25, 0.3) is 17.2 Å². The lowest BCUT2D eigenvalue weighted by Crippen LogP contribution is -1.96. The fourth-order valence-corrected chi connectivity index (χ4v) is 3.62. The number of benzene rings is 2. The van der Waals surface area contributed by atoms with Crippen LogP contribution in [-0.2, 0) is 0 Å². The van der Waals surface area contributed by atoms with Crippen LogP contribution in [-0.4, -0.2) is 0 Å². The highest BCUT2D eigenvalue weighted by Crippen LogP contribution is 2.41. The summed E-state index contributed by atoms with van der Waals surface area (Å²) >= 11 is 0. The third-order valence-electron chi connectivity index (χ3n) is 4.68. The average molecular weight is 259 g/mol. The van der Waals surface area contributed by atoms with Crippen molar-refractivity contribution in [3.05, 3.63) is 71.7 Å². The van der Waals surface area contributed by atoms with E-state index in [0.717, 1.165) is 5.92 Å². The van der Waals surface area contributed by atoms with Crippen molar-refractivity contribution in [3.63, 3.8) is 0 Å². The summed E-state index contributed by atoms with van der Waals surface area (Å²) in [6.45, 7) is 0. The topological polar surface area (TPSA) is 0 Å². The van der Waals surface area contributed by atoms with E-state index >= 15 is 0 Å². The Bertz CT molecular complexity index is 643. The van der Waals surface area contributed by atoms with E-state index in [4.69, 9.17) is 0 Å². The Morgan fingerprint density at radius 3 is 2.40 bits per heavy atom. The zero-order valence-electron chi connectivity index (χ0n) is 11.7. The minimum atomic E-state index is 0.797. The molecule has 0 amide bonds. The van der Waals surface area contributed by atoms with Gasteiger partial charge < -0.3 is 0 Å². The Labute approximate surface area is 121 Å². The molecule has 1 radical (unpaired) electrons. The van der Waals surface area contributed by atoms with Gasteiger partial charge in [-0.05, 0) is 41.0 Å². The van der Waals surface area contributed by atoms with Crippen LogP contribution in [0.2, 0.25) is 0 Å². The molecule has 20 heavy (non-hydrogen) atoms. The fourth-order valence-electron chi connectivity index (χ4n) is 3.62. The Morgan fingerprint density at radius 1 is 0.800 bits per heavy atom. The van der Waals surface area contributed by atoms with Crippen molar-refractivity contribution in [2.45, 2.75) is 25.7 Å². The fraction of sp³-hybridized carbons (Fsp3) is 0.250. The Hall–Kier alpha value is -1.82. The molecule has 99 valence electrons. The van der Waals surface area contributed by atoms with E-state index in [2.05, 4.69) is 61.0 Å². The molecule has 0 nitrogen and oxygen atoms in total. The first-order chi connectivity index (χ1) is 9.92. The molecule has 2 aromatic carbocycles. The maximum atomic E-state index is 2.44. The molecule has 0 saturated heterocycles. The number of fused-ring (bicyclic) bond motifs is 1. The highest BCUT2D eigenvalue weighted by Gasteiger charge is 2.25. The summed E-state index contributed by atoms with van der Waals surface area (Å²) in [6, 6.07) is 17.4. The van der Waals surface area contributed by atoms with Crippen molar-refractivity contribution in [2.24, 2.45) is 5.92 Å². The van der Waals surface area contributed by atoms with E-state index < -0.39 is 0 Å². The summed E-state index contributed by atoms with van der Waals surface area (Å²) in [5.41, 5.74) is 7.06. The first-order valence-corrected chi connectivity index (χ1v) is 7.66. The van der Waals surface area contributed by atoms with Crippen LogP contribution in [0.3, 0.4) is 0 Å². The van der Waals surface area contributed by atoms with Gasteiger partial charge in [0, 0.05) is 6.42 Å². The Balaban J connectivity index is 1.76. The number of hydrogen-bond donors (Lipinski definition) is 0. The maximum Gasteiger partial charge on any atom is 0.0167 e. The molecule has 0 N–H and O–H groups in total. The van der Waals surface area contributed by atoms with Crippen molar-refractivity contribution >= 4 is 6.08 Å². The van der Waals surface area contributed by atoms with E-state index in [0.29, 0.717) is 0 Å². The monoisotopic (exact) mass is 259 g/mol. The molecule has 0 heteroatoms. The molecule has 4 rings (SSSR count). The average Bonchev–Trinajstić information content (AvgIpc) is 3.16. The van der Waals surface area contributed by atoms with E-state index in [1.807, 2.05) is 0 Å². The minimum absolute atomic E-state index is 0.797. The summed E-state index contributed by atoms with van der Waals surface area (Å²) in [5.74, 6) is 0.797. The molecule has 0 aromatic heterocycles. The molecule has 1 saturated carbocycles. The van der Waals surface area contributed by atoms with Gasteiger partial charge in [-0.3, -0.25) is 0 Å².